The van der Waals surface area contributed by atoms with Crippen LogP contribution in [-0.2, 0) is 0 Å². The van der Waals surface area contributed by atoms with Gasteiger partial charge in [-0.25, -0.2) is 9.59 Å². The minimum absolute atomic E-state index is 0.119. The summed E-state index contributed by atoms with van der Waals surface area (Å²) in [6.07, 6.45) is 11.8. The van der Waals surface area contributed by atoms with Crippen LogP contribution >= 0.6 is 0 Å². The maximum atomic E-state index is 13.0. The molecule has 0 saturated heterocycles. The van der Waals surface area contributed by atoms with E-state index in [4.69, 9.17) is 18.6 Å². The molecule has 0 radical (unpaired) electrons. The number of hydrogen-bond acceptors (Lipinski definition) is 6. The van der Waals surface area contributed by atoms with E-state index < -0.39 is 11.6 Å². The van der Waals surface area contributed by atoms with Crippen LogP contribution in [-0.4, -0.2) is 19.2 Å². The number of benzene rings is 2. The van der Waals surface area contributed by atoms with Crippen molar-refractivity contribution in [3.63, 3.8) is 0 Å². The molecule has 0 atom stereocenters. The van der Waals surface area contributed by atoms with Crippen molar-refractivity contribution in [1.82, 2.24) is 0 Å². The van der Waals surface area contributed by atoms with Crippen LogP contribution < -0.4 is 19.8 Å². The zero-order valence-corrected chi connectivity index (χ0v) is 22.6. The summed E-state index contributed by atoms with van der Waals surface area (Å²) >= 11 is 0. The number of esters is 1. The number of carbonyl (C=O) groups is 1. The SMILES string of the molecule is CCC=CCCOc1cccc2oc(=O)c(OC(=O)c3ccccc3)c(OC/C=C(\C)CCC=C(C)C)c12. The van der Waals surface area contributed by atoms with E-state index in [2.05, 4.69) is 39.0 Å². The Labute approximate surface area is 224 Å². The van der Waals surface area contributed by atoms with E-state index in [1.54, 1.807) is 48.5 Å². The Morgan fingerprint density at radius 1 is 0.895 bits per heavy atom. The van der Waals surface area contributed by atoms with Gasteiger partial charge in [0.2, 0.25) is 0 Å². The summed E-state index contributed by atoms with van der Waals surface area (Å²) in [5, 5.41) is 0.443. The van der Waals surface area contributed by atoms with Gasteiger partial charge in [0.25, 0.3) is 5.75 Å². The normalized spacial score (nSPS) is 11.5. The molecule has 3 aromatic rings. The molecule has 38 heavy (non-hydrogen) atoms. The lowest BCUT2D eigenvalue weighted by Gasteiger charge is -2.15. The Balaban J connectivity index is 1.98. The van der Waals surface area contributed by atoms with Crippen molar-refractivity contribution in [2.45, 2.75) is 53.4 Å². The minimum Gasteiger partial charge on any atom is -0.492 e. The number of carbonyl (C=O) groups excluding carboxylic acids is 1. The molecule has 0 unspecified atom stereocenters. The highest BCUT2D eigenvalue weighted by molar-refractivity contribution is 5.95. The van der Waals surface area contributed by atoms with Crippen LogP contribution in [0.25, 0.3) is 11.0 Å². The molecule has 6 heteroatoms. The van der Waals surface area contributed by atoms with Gasteiger partial charge in [0, 0.05) is 0 Å². The van der Waals surface area contributed by atoms with Crippen LogP contribution in [0.15, 0.2) is 93.2 Å². The molecule has 0 spiro atoms. The summed E-state index contributed by atoms with van der Waals surface area (Å²) in [5.41, 5.74) is 2.22. The average Bonchev–Trinajstić information content (AvgIpc) is 2.90. The summed E-state index contributed by atoms with van der Waals surface area (Å²) in [5.74, 6) is -0.386. The first-order chi connectivity index (χ1) is 18.4. The zero-order chi connectivity index (χ0) is 27.3. The van der Waals surface area contributed by atoms with Crippen LogP contribution in [0.1, 0.15) is 63.7 Å². The van der Waals surface area contributed by atoms with Crippen molar-refractivity contribution >= 4 is 16.9 Å². The molecule has 0 fully saturated rings. The van der Waals surface area contributed by atoms with Gasteiger partial charge in [-0.05, 0) is 76.8 Å². The van der Waals surface area contributed by atoms with Gasteiger partial charge in [-0.3, -0.25) is 0 Å². The second kappa shape index (κ2) is 14.6. The smallest absolute Gasteiger partial charge is 0.383 e. The Morgan fingerprint density at radius 2 is 1.68 bits per heavy atom. The second-order valence-corrected chi connectivity index (χ2v) is 9.13. The second-order valence-electron chi connectivity index (χ2n) is 9.13. The molecule has 0 aliphatic heterocycles. The van der Waals surface area contributed by atoms with E-state index in [0.717, 1.165) is 31.3 Å². The molecule has 0 saturated carbocycles. The maximum absolute atomic E-state index is 13.0. The fourth-order valence-corrected chi connectivity index (χ4v) is 3.72. The van der Waals surface area contributed by atoms with Gasteiger partial charge in [-0.1, -0.05) is 60.6 Å². The molecule has 0 N–H and O–H groups in total. The maximum Gasteiger partial charge on any atom is 0.383 e. The number of hydrogen-bond donors (Lipinski definition) is 0. The van der Waals surface area contributed by atoms with Gasteiger partial charge < -0.3 is 18.6 Å². The predicted molar refractivity (Wildman–Crippen MR) is 151 cm³/mol. The first-order valence-corrected chi connectivity index (χ1v) is 13.0. The summed E-state index contributed by atoms with van der Waals surface area (Å²) < 4.78 is 23.3. The van der Waals surface area contributed by atoms with Crippen LogP contribution in [0.5, 0.6) is 17.2 Å². The Morgan fingerprint density at radius 3 is 2.42 bits per heavy atom. The molecule has 1 heterocycles. The van der Waals surface area contributed by atoms with Crippen LogP contribution in [0.2, 0.25) is 0 Å². The fraction of sp³-hybridized carbons (Fsp3) is 0.312. The molecule has 0 bridgehead atoms. The number of allylic oxidation sites excluding steroid dienone is 4. The van der Waals surface area contributed by atoms with Crippen molar-refractivity contribution in [2.75, 3.05) is 13.2 Å². The molecule has 1 aromatic heterocycles. The quantitative estimate of drug-likeness (QED) is 0.0998. The molecule has 200 valence electrons. The molecule has 0 aliphatic carbocycles. The number of rotatable bonds is 13. The van der Waals surface area contributed by atoms with Crippen molar-refractivity contribution in [3.05, 3.63) is 100.0 Å². The van der Waals surface area contributed by atoms with E-state index >= 15 is 0 Å². The van der Waals surface area contributed by atoms with Crippen molar-refractivity contribution in [3.8, 4) is 17.2 Å². The predicted octanol–water partition coefficient (Wildman–Crippen LogP) is 7.82. The van der Waals surface area contributed by atoms with E-state index in [1.165, 1.54) is 5.57 Å². The summed E-state index contributed by atoms with van der Waals surface area (Å²) in [4.78, 5) is 25.8. The standard InChI is InChI=1S/C32H36O6/c1-5-6-7-11-21-35-26-18-13-19-27-28(26)29(36-22-20-24(4)15-12-14-23(2)3)30(32(34)37-27)38-31(33)25-16-9-8-10-17-25/h6-10,13-14,16-20H,5,11-12,15,21-22H2,1-4H3/b7-6?,24-20+. The molecule has 0 aliphatic rings. The lowest BCUT2D eigenvalue weighted by atomic mass is 10.1. The third kappa shape index (κ3) is 8.23. The summed E-state index contributed by atoms with van der Waals surface area (Å²) in [6, 6.07) is 13.7. The van der Waals surface area contributed by atoms with E-state index in [9.17, 15) is 9.59 Å². The topological polar surface area (TPSA) is 75.0 Å². The molecule has 2 aromatic carbocycles. The van der Waals surface area contributed by atoms with Crippen LogP contribution in [0.3, 0.4) is 0 Å². The Hall–Kier alpha value is -4.06. The highest BCUT2D eigenvalue weighted by atomic mass is 16.6. The first kappa shape index (κ1) is 28.5. The van der Waals surface area contributed by atoms with Gasteiger partial charge >= 0.3 is 11.6 Å². The summed E-state index contributed by atoms with van der Waals surface area (Å²) in [6.45, 7) is 8.87. The third-order valence-corrected chi connectivity index (χ3v) is 5.71. The lowest BCUT2D eigenvalue weighted by molar-refractivity contribution is 0.0722. The Kier molecular flexibility index (Phi) is 11.0. The highest BCUT2D eigenvalue weighted by Crippen LogP contribution is 2.39. The van der Waals surface area contributed by atoms with E-state index in [-0.39, 0.29) is 23.7 Å². The van der Waals surface area contributed by atoms with E-state index in [1.807, 2.05) is 13.0 Å². The fourth-order valence-electron chi connectivity index (χ4n) is 3.72. The lowest BCUT2D eigenvalue weighted by Crippen LogP contribution is -2.16. The average molecular weight is 517 g/mol. The highest BCUT2D eigenvalue weighted by Gasteiger charge is 2.24. The van der Waals surface area contributed by atoms with Crippen molar-refractivity contribution in [2.24, 2.45) is 0 Å². The van der Waals surface area contributed by atoms with Gasteiger partial charge in [0.15, 0.2) is 5.75 Å². The van der Waals surface area contributed by atoms with Crippen LogP contribution in [0.4, 0.5) is 0 Å². The molecular formula is C32H36O6. The van der Waals surface area contributed by atoms with Gasteiger partial charge in [-0.15, -0.1) is 0 Å². The van der Waals surface area contributed by atoms with E-state index in [0.29, 0.717) is 23.3 Å². The van der Waals surface area contributed by atoms with Gasteiger partial charge in [0.05, 0.1) is 12.2 Å². The third-order valence-electron chi connectivity index (χ3n) is 5.71. The van der Waals surface area contributed by atoms with Gasteiger partial charge in [0.1, 0.15) is 23.3 Å². The molecule has 3 rings (SSSR count). The van der Waals surface area contributed by atoms with Gasteiger partial charge in [-0.2, -0.15) is 0 Å². The van der Waals surface area contributed by atoms with Crippen molar-refractivity contribution < 1.29 is 23.4 Å². The minimum atomic E-state index is -0.802. The molecule has 0 amide bonds. The molecular weight excluding hydrogens is 480 g/mol. The number of fused-ring (bicyclic) bond motifs is 1. The van der Waals surface area contributed by atoms with Crippen molar-refractivity contribution in [1.29, 1.82) is 0 Å². The first-order valence-electron chi connectivity index (χ1n) is 13.0. The Bertz CT molecular complexity index is 1360. The monoisotopic (exact) mass is 516 g/mol. The largest absolute Gasteiger partial charge is 0.492 e. The summed E-state index contributed by atoms with van der Waals surface area (Å²) in [7, 11) is 0. The van der Waals surface area contributed by atoms with Crippen LogP contribution in [0, 0.1) is 0 Å². The molecule has 6 nitrogen and oxygen atoms in total. The number of ether oxygens (including phenoxy) is 3. The zero-order valence-electron chi connectivity index (χ0n) is 22.6.